The predicted octanol–water partition coefficient (Wildman–Crippen LogP) is 0.676. The molecule has 4 heteroatoms. The normalized spacial score (nSPS) is 15.7. The number of hydrogen-bond acceptors (Lipinski definition) is 3. The minimum Gasteiger partial charge on any atom is -0.480 e. The van der Waals surface area contributed by atoms with Crippen molar-refractivity contribution in [3.63, 3.8) is 0 Å². The fourth-order valence-electron chi connectivity index (χ4n) is 1.09. The molecule has 0 saturated heterocycles. The van der Waals surface area contributed by atoms with Gasteiger partial charge in [0.25, 0.3) is 0 Å². The molecular formula is C9H17NO3. The summed E-state index contributed by atoms with van der Waals surface area (Å²) in [7, 11) is 1.64. The van der Waals surface area contributed by atoms with Crippen LogP contribution in [0.25, 0.3) is 0 Å². The Morgan fingerprint density at radius 3 is 2.46 bits per heavy atom. The lowest BCUT2D eigenvalue weighted by molar-refractivity contribution is -0.145. The lowest BCUT2D eigenvalue weighted by Crippen LogP contribution is -2.43. The highest BCUT2D eigenvalue weighted by Gasteiger charge is 2.25. The maximum absolute atomic E-state index is 10.7. The van der Waals surface area contributed by atoms with E-state index in [-0.39, 0.29) is 0 Å². The Bertz CT molecular complexity index is 189. The van der Waals surface area contributed by atoms with E-state index < -0.39 is 18.1 Å². The molecule has 0 saturated carbocycles. The standard InChI is InChI=1S/C9H17NO3/c1-4-5-6-10(3)8(7(2)11)9(12)13/h5-8,11H,4H2,1-3H3,(H,12,13). The molecule has 2 unspecified atom stereocenters. The van der Waals surface area contributed by atoms with Gasteiger partial charge in [0.2, 0.25) is 0 Å². The number of aliphatic carboxylic acids is 1. The molecule has 4 nitrogen and oxygen atoms in total. The number of rotatable bonds is 5. The highest BCUT2D eigenvalue weighted by atomic mass is 16.4. The molecule has 0 aromatic carbocycles. The number of aliphatic hydroxyl groups excluding tert-OH is 1. The number of nitrogens with zero attached hydrogens (tertiary/aromatic N) is 1. The van der Waals surface area contributed by atoms with Crippen LogP contribution in [0.15, 0.2) is 12.3 Å². The molecule has 0 heterocycles. The molecule has 0 radical (unpaired) electrons. The summed E-state index contributed by atoms with van der Waals surface area (Å²) < 4.78 is 0. The number of aliphatic hydroxyl groups is 1. The Balaban J connectivity index is 4.37. The monoisotopic (exact) mass is 187 g/mol. The fraction of sp³-hybridized carbons (Fsp3) is 0.667. The topological polar surface area (TPSA) is 60.8 Å². The van der Waals surface area contributed by atoms with Crippen molar-refractivity contribution < 1.29 is 15.0 Å². The van der Waals surface area contributed by atoms with Crippen molar-refractivity contribution in [2.45, 2.75) is 32.4 Å². The van der Waals surface area contributed by atoms with Gasteiger partial charge in [-0.15, -0.1) is 0 Å². The van der Waals surface area contributed by atoms with E-state index in [0.717, 1.165) is 6.42 Å². The Kier molecular flexibility index (Phi) is 5.14. The van der Waals surface area contributed by atoms with Crippen LogP contribution in [0.1, 0.15) is 20.3 Å². The van der Waals surface area contributed by atoms with Gasteiger partial charge < -0.3 is 15.1 Å². The lowest BCUT2D eigenvalue weighted by Gasteiger charge is -2.25. The van der Waals surface area contributed by atoms with E-state index in [0.29, 0.717) is 0 Å². The molecule has 13 heavy (non-hydrogen) atoms. The molecule has 0 aliphatic heterocycles. The summed E-state index contributed by atoms with van der Waals surface area (Å²) in [6.07, 6.45) is 3.48. The first-order valence-corrected chi connectivity index (χ1v) is 4.30. The van der Waals surface area contributed by atoms with E-state index in [9.17, 15) is 9.90 Å². The SMILES string of the molecule is CCC=CN(C)C(C(=O)O)C(C)O. The summed E-state index contributed by atoms with van der Waals surface area (Å²) >= 11 is 0. The summed E-state index contributed by atoms with van der Waals surface area (Å²) in [6.45, 7) is 3.43. The van der Waals surface area contributed by atoms with Crippen LogP contribution in [-0.4, -0.2) is 40.3 Å². The average Bonchev–Trinajstić information content (AvgIpc) is 1.99. The Morgan fingerprint density at radius 2 is 2.15 bits per heavy atom. The Morgan fingerprint density at radius 1 is 1.62 bits per heavy atom. The molecule has 0 aliphatic carbocycles. The number of carbonyl (C=O) groups is 1. The van der Waals surface area contributed by atoms with Crippen LogP contribution in [0.3, 0.4) is 0 Å². The first-order valence-electron chi connectivity index (χ1n) is 4.30. The Hall–Kier alpha value is -1.03. The lowest BCUT2D eigenvalue weighted by atomic mass is 10.1. The highest BCUT2D eigenvalue weighted by Crippen LogP contribution is 2.03. The molecule has 0 amide bonds. The maximum Gasteiger partial charge on any atom is 0.329 e. The van der Waals surface area contributed by atoms with E-state index in [1.54, 1.807) is 13.2 Å². The van der Waals surface area contributed by atoms with E-state index >= 15 is 0 Å². The largest absolute Gasteiger partial charge is 0.480 e. The summed E-state index contributed by atoms with van der Waals surface area (Å²) in [6, 6.07) is -0.872. The van der Waals surface area contributed by atoms with Gasteiger partial charge in [-0.05, 0) is 19.5 Å². The van der Waals surface area contributed by atoms with Crippen molar-refractivity contribution in [2.75, 3.05) is 7.05 Å². The number of carboxylic acids is 1. The fourth-order valence-corrected chi connectivity index (χ4v) is 1.09. The highest BCUT2D eigenvalue weighted by molar-refractivity contribution is 5.74. The molecule has 2 N–H and O–H groups in total. The van der Waals surface area contributed by atoms with Crippen LogP contribution >= 0.6 is 0 Å². The molecule has 76 valence electrons. The summed E-state index contributed by atoms with van der Waals surface area (Å²) in [5.74, 6) is -1.02. The summed E-state index contributed by atoms with van der Waals surface area (Å²) in [5.41, 5.74) is 0. The van der Waals surface area contributed by atoms with Crippen LogP contribution in [0, 0.1) is 0 Å². The van der Waals surface area contributed by atoms with Crippen LogP contribution in [0.5, 0.6) is 0 Å². The number of carboxylic acid groups (broad SMARTS) is 1. The maximum atomic E-state index is 10.7. The molecule has 0 aliphatic rings. The third kappa shape index (κ3) is 3.94. The zero-order valence-electron chi connectivity index (χ0n) is 8.27. The third-order valence-corrected chi connectivity index (χ3v) is 1.72. The van der Waals surface area contributed by atoms with Gasteiger partial charge in [-0.2, -0.15) is 0 Å². The molecule has 0 rings (SSSR count). The molecule has 0 aromatic heterocycles. The summed E-state index contributed by atoms with van der Waals surface area (Å²) in [5, 5.41) is 18.0. The van der Waals surface area contributed by atoms with Gasteiger partial charge in [0.15, 0.2) is 6.04 Å². The van der Waals surface area contributed by atoms with E-state index in [1.807, 2.05) is 13.0 Å². The van der Waals surface area contributed by atoms with E-state index in [4.69, 9.17) is 5.11 Å². The number of allylic oxidation sites excluding steroid dienone is 1. The quantitative estimate of drug-likeness (QED) is 0.664. The first-order chi connectivity index (χ1) is 6.00. The molecule has 0 aromatic rings. The molecule has 0 bridgehead atoms. The first kappa shape index (κ1) is 12.0. The second kappa shape index (κ2) is 5.59. The average molecular weight is 187 g/mol. The zero-order chi connectivity index (χ0) is 10.4. The van der Waals surface area contributed by atoms with Gasteiger partial charge in [-0.25, -0.2) is 4.79 Å². The van der Waals surface area contributed by atoms with Crippen molar-refractivity contribution in [3.05, 3.63) is 12.3 Å². The third-order valence-electron chi connectivity index (χ3n) is 1.72. The van der Waals surface area contributed by atoms with Crippen LogP contribution in [-0.2, 0) is 4.79 Å². The smallest absolute Gasteiger partial charge is 0.329 e. The molecule has 0 spiro atoms. The van der Waals surface area contributed by atoms with Gasteiger partial charge in [0.1, 0.15) is 0 Å². The van der Waals surface area contributed by atoms with Gasteiger partial charge >= 0.3 is 5.97 Å². The zero-order valence-corrected chi connectivity index (χ0v) is 8.27. The number of hydrogen-bond donors (Lipinski definition) is 2. The second-order valence-electron chi connectivity index (χ2n) is 2.98. The van der Waals surface area contributed by atoms with Crippen molar-refractivity contribution in [1.29, 1.82) is 0 Å². The number of likely N-dealkylation sites (N-methyl/N-ethyl adjacent to an activating group) is 1. The molecule has 0 fully saturated rings. The van der Waals surface area contributed by atoms with Gasteiger partial charge in [-0.3, -0.25) is 0 Å². The van der Waals surface area contributed by atoms with E-state index in [2.05, 4.69) is 0 Å². The van der Waals surface area contributed by atoms with Gasteiger partial charge in [0.05, 0.1) is 6.10 Å². The summed E-state index contributed by atoms with van der Waals surface area (Å²) in [4.78, 5) is 12.2. The van der Waals surface area contributed by atoms with Gasteiger partial charge in [-0.1, -0.05) is 13.0 Å². The second-order valence-corrected chi connectivity index (χ2v) is 2.98. The van der Waals surface area contributed by atoms with Crippen LogP contribution in [0.2, 0.25) is 0 Å². The van der Waals surface area contributed by atoms with Crippen molar-refractivity contribution in [2.24, 2.45) is 0 Å². The van der Waals surface area contributed by atoms with Gasteiger partial charge in [0, 0.05) is 7.05 Å². The minimum absolute atomic E-state index is 0.844. The Labute approximate surface area is 78.5 Å². The molecular weight excluding hydrogens is 170 g/mol. The van der Waals surface area contributed by atoms with Crippen LogP contribution < -0.4 is 0 Å². The van der Waals surface area contributed by atoms with Crippen molar-refractivity contribution in [3.8, 4) is 0 Å². The van der Waals surface area contributed by atoms with Crippen LogP contribution in [0.4, 0.5) is 0 Å². The van der Waals surface area contributed by atoms with Crippen molar-refractivity contribution >= 4 is 5.97 Å². The minimum atomic E-state index is -1.02. The van der Waals surface area contributed by atoms with Crippen molar-refractivity contribution in [1.82, 2.24) is 4.90 Å². The van der Waals surface area contributed by atoms with E-state index in [1.165, 1.54) is 11.8 Å². The predicted molar refractivity (Wildman–Crippen MR) is 50.3 cm³/mol. The molecule has 2 atom stereocenters.